The number of hydrogen-bond donors (Lipinski definition) is 4. The normalized spacial score (nSPS) is 13.7. The summed E-state index contributed by atoms with van der Waals surface area (Å²) in [6.45, 7) is 4.99. The quantitative estimate of drug-likeness (QED) is 0.230. The summed E-state index contributed by atoms with van der Waals surface area (Å²) in [4.78, 5) is 38.9. The van der Waals surface area contributed by atoms with Gasteiger partial charge in [-0.1, -0.05) is 6.07 Å². The average molecular weight is 524 g/mol. The van der Waals surface area contributed by atoms with Gasteiger partial charge in [0.05, 0.1) is 11.6 Å². The van der Waals surface area contributed by atoms with Crippen molar-refractivity contribution in [2.45, 2.75) is 51.5 Å². The van der Waals surface area contributed by atoms with Crippen molar-refractivity contribution in [2.75, 3.05) is 43.4 Å². The molecule has 3 aromatic rings. The predicted octanol–water partition coefficient (Wildman–Crippen LogP) is 1.83. The zero-order valence-corrected chi connectivity index (χ0v) is 22.1. The molecule has 4 heterocycles. The zero-order valence-electron chi connectivity index (χ0n) is 22.1. The van der Waals surface area contributed by atoms with Gasteiger partial charge in [-0.25, -0.2) is 19.7 Å². The van der Waals surface area contributed by atoms with Crippen LogP contribution in [0.5, 0.6) is 0 Å². The lowest BCUT2D eigenvalue weighted by Crippen LogP contribution is -2.39. The van der Waals surface area contributed by atoms with Gasteiger partial charge in [0.2, 0.25) is 5.91 Å². The number of aromatic nitrogens is 5. The molecule has 1 amide bonds. The maximum atomic E-state index is 12.1. The Morgan fingerprint density at radius 2 is 2.08 bits per heavy atom. The Balaban J connectivity index is 1.31. The standard InChI is InChI=1S/C26H37N9O3/c1-18(36)27-12-15-35(13-4-3-7-20-9-8-19-6-5-11-28-23(19)32-20)14-10-22(26(37)38)33-24-21-16-31-34(2)25(21)30-17-29-24/h8-9,16-17,22H,3-7,10-15H2,1-2H3,(H,27,36)(H,28,32)(H,37,38)(H,29,30,33). The minimum Gasteiger partial charge on any atom is -0.480 e. The number of fused-ring (bicyclic) bond motifs is 2. The van der Waals surface area contributed by atoms with Gasteiger partial charge in [0.15, 0.2) is 5.65 Å². The van der Waals surface area contributed by atoms with Gasteiger partial charge in [-0.05, 0) is 56.7 Å². The lowest BCUT2D eigenvalue weighted by molar-refractivity contribution is -0.138. The zero-order chi connectivity index (χ0) is 26.9. The summed E-state index contributed by atoms with van der Waals surface area (Å²) in [5.41, 5.74) is 3.01. The summed E-state index contributed by atoms with van der Waals surface area (Å²) in [6, 6.07) is 3.47. The van der Waals surface area contributed by atoms with Crippen molar-refractivity contribution in [1.82, 2.24) is 34.9 Å². The number of rotatable bonds is 14. The first-order valence-corrected chi connectivity index (χ1v) is 13.2. The molecule has 0 fully saturated rings. The van der Waals surface area contributed by atoms with Crippen molar-refractivity contribution in [2.24, 2.45) is 7.05 Å². The first kappa shape index (κ1) is 27.2. The van der Waals surface area contributed by atoms with E-state index in [0.717, 1.165) is 56.7 Å². The second kappa shape index (κ2) is 13.1. The number of anilines is 2. The average Bonchev–Trinajstić information content (AvgIpc) is 3.29. The Morgan fingerprint density at radius 1 is 1.21 bits per heavy atom. The van der Waals surface area contributed by atoms with Crippen molar-refractivity contribution in [3.05, 3.63) is 35.9 Å². The summed E-state index contributed by atoms with van der Waals surface area (Å²) in [7, 11) is 1.78. The minimum atomic E-state index is -0.949. The molecule has 0 saturated carbocycles. The highest BCUT2D eigenvalue weighted by Crippen LogP contribution is 2.21. The highest BCUT2D eigenvalue weighted by atomic mass is 16.4. The smallest absolute Gasteiger partial charge is 0.326 e. The molecule has 0 saturated heterocycles. The monoisotopic (exact) mass is 523 g/mol. The van der Waals surface area contributed by atoms with Gasteiger partial charge < -0.3 is 26.0 Å². The largest absolute Gasteiger partial charge is 0.480 e. The molecule has 0 aliphatic carbocycles. The lowest BCUT2D eigenvalue weighted by Gasteiger charge is -2.25. The number of nitrogens with zero attached hydrogens (tertiary/aromatic N) is 6. The van der Waals surface area contributed by atoms with Gasteiger partial charge in [-0.2, -0.15) is 5.10 Å². The van der Waals surface area contributed by atoms with Gasteiger partial charge in [0, 0.05) is 45.8 Å². The van der Waals surface area contributed by atoms with Crippen molar-refractivity contribution in [3.8, 4) is 0 Å². The van der Waals surface area contributed by atoms with Crippen LogP contribution in [-0.2, 0) is 29.5 Å². The van der Waals surface area contributed by atoms with Crippen LogP contribution in [0.3, 0.4) is 0 Å². The van der Waals surface area contributed by atoms with Crippen LogP contribution in [0, 0.1) is 0 Å². The van der Waals surface area contributed by atoms with Gasteiger partial charge >= 0.3 is 5.97 Å². The second-order valence-corrected chi connectivity index (χ2v) is 9.67. The molecule has 204 valence electrons. The van der Waals surface area contributed by atoms with Crippen molar-refractivity contribution in [1.29, 1.82) is 0 Å². The molecule has 38 heavy (non-hydrogen) atoms. The Morgan fingerprint density at radius 3 is 2.89 bits per heavy atom. The van der Waals surface area contributed by atoms with Crippen LogP contribution in [0.1, 0.15) is 43.9 Å². The molecule has 0 spiro atoms. The maximum absolute atomic E-state index is 12.1. The Hall–Kier alpha value is -3.80. The van der Waals surface area contributed by atoms with Crippen LogP contribution in [-0.4, -0.2) is 85.4 Å². The number of carboxylic acids is 1. The molecule has 12 heteroatoms. The van der Waals surface area contributed by atoms with Crippen LogP contribution < -0.4 is 16.0 Å². The molecule has 0 aromatic carbocycles. The van der Waals surface area contributed by atoms with Crippen molar-refractivity contribution >= 4 is 34.5 Å². The van der Waals surface area contributed by atoms with Crippen LogP contribution >= 0.6 is 0 Å². The molecule has 4 rings (SSSR count). The van der Waals surface area contributed by atoms with Crippen LogP contribution in [0.25, 0.3) is 11.0 Å². The van der Waals surface area contributed by atoms with E-state index < -0.39 is 12.0 Å². The summed E-state index contributed by atoms with van der Waals surface area (Å²) < 4.78 is 1.62. The summed E-state index contributed by atoms with van der Waals surface area (Å²) in [6.07, 6.45) is 8.44. The molecule has 1 atom stereocenters. The minimum absolute atomic E-state index is 0.0774. The highest BCUT2D eigenvalue weighted by Gasteiger charge is 2.21. The number of carboxylic acid groups (broad SMARTS) is 1. The van der Waals surface area contributed by atoms with E-state index in [1.165, 1.54) is 18.8 Å². The van der Waals surface area contributed by atoms with E-state index in [2.05, 4.69) is 48.0 Å². The Labute approximate surface area is 222 Å². The van der Waals surface area contributed by atoms with Gasteiger partial charge in [-0.15, -0.1) is 0 Å². The number of nitrogens with one attached hydrogen (secondary N) is 3. The third kappa shape index (κ3) is 7.37. The van der Waals surface area contributed by atoms with E-state index in [4.69, 9.17) is 4.98 Å². The Kier molecular flexibility index (Phi) is 9.41. The second-order valence-electron chi connectivity index (χ2n) is 9.67. The predicted molar refractivity (Wildman–Crippen MR) is 145 cm³/mol. The van der Waals surface area contributed by atoms with Crippen molar-refractivity contribution < 1.29 is 14.7 Å². The van der Waals surface area contributed by atoms with Crippen LogP contribution in [0.2, 0.25) is 0 Å². The number of pyridine rings is 1. The molecule has 1 unspecified atom stereocenters. The van der Waals surface area contributed by atoms with E-state index in [9.17, 15) is 14.7 Å². The number of aliphatic carboxylic acids is 1. The molecular formula is C26H37N9O3. The van der Waals surface area contributed by atoms with Gasteiger partial charge in [-0.3, -0.25) is 9.48 Å². The van der Waals surface area contributed by atoms with E-state index in [0.29, 0.717) is 42.9 Å². The fourth-order valence-electron chi connectivity index (χ4n) is 4.69. The first-order chi connectivity index (χ1) is 18.4. The topological polar surface area (TPSA) is 150 Å². The number of unbranched alkanes of at least 4 members (excludes halogenated alkanes) is 1. The highest BCUT2D eigenvalue weighted by molar-refractivity contribution is 5.88. The third-order valence-corrected chi connectivity index (χ3v) is 6.78. The van der Waals surface area contributed by atoms with Crippen LogP contribution in [0.15, 0.2) is 24.7 Å². The molecular weight excluding hydrogens is 486 g/mol. The number of hydrogen-bond acceptors (Lipinski definition) is 9. The van der Waals surface area contributed by atoms with E-state index in [1.54, 1.807) is 17.9 Å². The molecule has 3 aromatic heterocycles. The molecule has 1 aliphatic heterocycles. The summed E-state index contributed by atoms with van der Waals surface area (Å²) in [5.74, 6) is 0.443. The number of amides is 1. The molecule has 0 bridgehead atoms. The molecule has 4 N–H and O–H groups in total. The van der Waals surface area contributed by atoms with E-state index in [1.807, 2.05) is 0 Å². The van der Waals surface area contributed by atoms with E-state index >= 15 is 0 Å². The number of carbonyl (C=O) groups is 2. The van der Waals surface area contributed by atoms with Crippen LogP contribution in [0.4, 0.5) is 11.6 Å². The fraction of sp³-hybridized carbons (Fsp3) is 0.538. The summed E-state index contributed by atoms with van der Waals surface area (Å²) in [5, 5.41) is 24.0. The van der Waals surface area contributed by atoms with Crippen molar-refractivity contribution in [3.63, 3.8) is 0 Å². The Bertz CT molecular complexity index is 1250. The fourth-order valence-corrected chi connectivity index (χ4v) is 4.69. The summed E-state index contributed by atoms with van der Waals surface area (Å²) >= 11 is 0. The van der Waals surface area contributed by atoms with Gasteiger partial charge in [0.1, 0.15) is 24.0 Å². The molecule has 1 aliphatic rings. The maximum Gasteiger partial charge on any atom is 0.326 e. The molecule has 12 nitrogen and oxygen atoms in total. The van der Waals surface area contributed by atoms with E-state index in [-0.39, 0.29) is 5.91 Å². The number of aryl methyl sites for hydroxylation is 3. The molecule has 0 radical (unpaired) electrons. The third-order valence-electron chi connectivity index (χ3n) is 6.78. The SMILES string of the molecule is CC(=O)NCCN(CCCCc1ccc2c(n1)NCCC2)CCC(Nc1ncnc2c1cnn2C)C(=O)O. The number of carbonyl (C=O) groups excluding carboxylic acids is 1. The van der Waals surface area contributed by atoms with Gasteiger partial charge in [0.25, 0.3) is 0 Å². The lowest BCUT2D eigenvalue weighted by atomic mass is 10.1. The first-order valence-electron chi connectivity index (χ1n) is 13.2.